The van der Waals surface area contributed by atoms with E-state index in [0.29, 0.717) is 11.9 Å². The molecule has 5 heteroatoms. The lowest BCUT2D eigenvalue weighted by atomic mass is 10.0. The number of imidazole rings is 1. The van der Waals surface area contributed by atoms with E-state index in [1.165, 1.54) is 0 Å². The predicted octanol–water partition coefficient (Wildman–Crippen LogP) is 0.402. The van der Waals surface area contributed by atoms with E-state index in [-0.39, 0.29) is 5.92 Å². The Hall–Kier alpha value is -1.36. The smallest absolute Gasteiger partial charge is 0.228 e. The number of nitrogens with one attached hydrogen (secondary N) is 1. The molecule has 1 atom stereocenters. The van der Waals surface area contributed by atoms with Gasteiger partial charge in [0, 0.05) is 44.6 Å². The molecule has 2 fully saturated rings. The standard InChI is InChI=1S/C13H20N4O/c1-10-15-4-6-16(10)9-12-3-2-5-17(12)13(18)11-7-14-8-11/h4,6,11-12,14H,2-3,5,7-9H2,1H3. The van der Waals surface area contributed by atoms with Crippen molar-refractivity contribution in [3.8, 4) is 0 Å². The third-order valence-corrected chi connectivity index (χ3v) is 4.12. The van der Waals surface area contributed by atoms with Crippen molar-refractivity contribution in [2.24, 2.45) is 5.92 Å². The van der Waals surface area contributed by atoms with Gasteiger partial charge in [-0.2, -0.15) is 0 Å². The highest BCUT2D eigenvalue weighted by Crippen LogP contribution is 2.22. The van der Waals surface area contributed by atoms with Crippen molar-refractivity contribution in [1.29, 1.82) is 0 Å². The first-order chi connectivity index (χ1) is 8.75. The van der Waals surface area contributed by atoms with E-state index in [2.05, 4.69) is 19.8 Å². The van der Waals surface area contributed by atoms with Crippen molar-refractivity contribution in [3.63, 3.8) is 0 Å². The van der Waals surface area contributed by atoms with Gasteiger partial charge in [-0.15, -0.1) is 0 Å². The average Bonchev–Trinajstić information content (AvgIpc) is 2.87. The second-order valence-electron chi connectivity index (χ2n) is 5.31. The Morgan fingerprint density at radius 1 is 1.56 bits per heavy atom. The zero-order valence-corrected chi connectivity index (χ0v) is 10.8. The van der Waals surface area contributed by atoms with Crippen molar-refractivity contribution in [1.82, 2.24) is 19.8 Å². The number of nitrogens with zero attached hydrogens (tertiary/aromatic N) is 3. The van der Waals surface area contributed by atoms with E-state index in [9.17, 15) is 4.79 Å². The summed E-state index contributed by atoms with van der Waals surface area (Å²) in [6, 6.07) is 0.353. The fourth-order valence-electron chi connectivity index (χ4n) is 2.84. The number of amides is 1. The maximum atomic E-state index is 12.3. The summed E-state index contributed by atoms with van der Waals surface area (Å²) in [4.78, 5) is 18.6. The fourth-order valence-corrected chi connectivity index (χ4v) is 2.84. The lowest BCUT2D eigenvalue weighted by Gasteiger charge is -2.33. The maximum absolute atomic E-state index is 12.3. The first-order valence-electron chi connectivity index (χ1n) is 6.74. The second-order valence-corrected chi connectivity index (χ2v) is 5.31. The number of hydrogen-bond donors (Lipinski definition) is 1. The molecular weight excluding hydrogens is 228 g/mol. The van der Waals surface area contributed by atoms with Crippen molar-refractivity contribution in [2.75, 3.05) is 19.6 Å². The van der Waals surface area contributed by atoms with Crippen LogP contribution < -0.4 is 5.32 Å². The highest BCUT2D eigenvalue weighted by Gasteiger charge is 2.35. The van der Waals surface area contributed by atoms with Gasteiger partial charge in [-0.1, -0.05) is 0 Å². The van der Waals surface area contributed by atoms with Gasteiger partial charge in [-0.25, -0.2) is 4.98 Å². The lowest BCUT2D eigenvalue weighted by molar-refractivity contribution is -0.138. The minimum Gasteiger partial charge on any atom is -0.338 e. The zero-order chi connectivity index (χ0) is 12.5. The van der Waals surface area contributed by atoms with Crippen LogP contribution in [-0.4, -0.2) is 46.0 Å². The Bertz CT molecular complexity index is 438. The summed E-state index contributed by atoms with van der Waals surface area (Å²) >= 11 is 0. The molecule has 5 nitrogen and oxygen atoms in total. The van der Waals surface area contributed by atoms with Crippen LogP contribution in [0.15, 0.2) is 12.4 Å². The molecule has 2 aliphatic heterocycles. The molecule has 3 heterocycles. The molecule has 0 spiro atoms. The van der Waals surface area contributed by atoms with Gasteiger partial charge >= 0.3 is 0 Å². The van der Waals surface area contributed by atoms with Gasteiger partial charge in [0.2, 0.25) is 5.91 Å². The van der Waals surface area contributed by atoms with E-state index in [4.69, 9.17) is 0 Å². The quantitative estimate of drug-likeness (QED) is 0.842. The van der Waals surface area contributed by atoms with E-state index in [1.54, 1.807) is 0 Å². The van der Waals surface area contributed by atoms with Crippen LogP contribution in [0, 0.1) is 12.8 Å². The first kappa shape index (κ1) is 11.7. The lowest BCUT2D eigenvalue weighted by Crippen LogP contribution is -2.53. The van der Waals surface area contributed by atoms with E-state index in [0.717, 1.165) is 44.8 Å². The molecule has 0 saturated carbocycles. The Kier molecular flexibility index (Phi) is 3.07. The Morgan fingerprint density at radius 3 is 3.00 bits per heavy atom. The van der Waals surface area contributed by atoms with Gasteiger partial charge in [0.15, 0.2) is 0 Å². The summed E-state index contributed by atoms with van der Waals surface area (Å²) in [5.74, 6) is 1.59. The van der Waals surface area contributed by atoms with Crippen LogP contribution in [0.1, 0.15) is 18.7 Å². The summed E-state index contributed by atoms with van der Waals surface area (Å²) in [7, 11) is 0. The van der Waals surface area contributed by atoms with Gasteiger partial charge in [0.25, 0.3) is 0 Å². The number of hydrogen-bond acceptors (Lipinski definition) is 3. The number of carbonyl (C=O) groups is 1. The summed E-state index contributed by atoms with van der Waals surface area (Å²) in [5, 5.41) is 3.17. The molecule has 0 bridgehead atoms. The van der Waals surface area contributed by atoms with Crippen LogP contribution in [0.2, 0.25) is 0 Å². The molecule has 3 rings (SSSR count). The minimum absolute atomic E-state index is 0.217. The van der Waals surface area contributed by atoms with Crippen LogP contribution in [0.3, 0.4) is 0 Å². The largest absolute Gasteiger partial charge is 0.338 e. The Labute approximate surface area is 107 Å². The van der Waals surface area contributed by atoms with Gasteiger partial charge < -0.3 is 14.8 Å². The highest BCUT2D eigenvalue weighted by atomic mass is 16.2. The second kappa shape index (κ2) is 4.72. The predicted molar refractivity (Wildman–Crippen MR) is 68.1 cm³/mol. The molecule has 2 saturated heterocycles. The molecule has 0 aliphatic carbocycles. The van der Waals surface area contributed by atoms with E-state index < -0.39 is 0 Å². The number of carbonyl (C=O) groups excluding carboxylic acids is 1. The van der Waals surface area contributed by atoms with Gasteiger partial charge in [0.1, 0.15) is 5.82 Å². The summed E-state index contributed by atoms with van der Waals surface area (Å²) in [6.45, 7) is 5.53. The normalized spacial score (nSPS) is 24.3. The fraction of sp³-hybridized carbons (Fsp3) is 0.692. The molecule has 1 amide bonds. The third kappa shape index (κ3) is 2.03. The highest BCUT2D eigenvalue weighted by molar-refractivity contribution is 5.80. The van der Waals surface area contributed by atoms with Crippen LogP contribution in [0.5, 0.6) is 0 Å². The molecule has 1 aromatic rings. The molecule has 1 aromatic heterocycles. The number of aromatic nitrogens is 2. The SMILES string of the molecule is Cc1nccn1CC1CCCN1C(=O)C1CNC1. The van der Waals surface area contributed by atoms with Gasteiger partial charge in [-0.3, -0.25) is 4.79 Å². The van der Waals surface area contributed by atoms with Crippen LogP contribution >= 0.6 is 0 Å². The monoisotopic (exact) mass is 248 g/mol. The first-order valence-corrected chi connectivity index (χ1v) is 6.74. The molecular formula is C13H20N4O. The molecule has 18 heavy (non-hydrogen) atoms. The molecule has 1 unspecified atom stereocenters. The summed E-state index contributed by atoms with van der Waals surface area (Å²) in [5.41, 5.74) is 0. The van der Waals surface area contributed by atoms with Gasteiger partial charge in [-0.05, 0) is 19.8 Å². The Balaban J connectivity index is 1.67. The van der Waals surface area contributed by atoms with E-state index >= 15 is 0 Å². The molecule has 1 N–H and O–H groups in total. The maximum Gasteiger partial charge on any atom is 0.228 e. The summed E-state index contributed by atoms with van der Waals surface area (Å²) in [6.07, 6.45) is 6.07. The number of likely N-dealkylation sites (tertiary alicyclic amines) is 1. The van der Waals surface area contributed by atoms with Crippen molar-refractivity contribution in [2.45, 2.75) is 32.4 Å². The Morgan fingerprint density at radius 2 is 2.39 bits per heavy atom. The summed E-state index contributed by atoms with van der Waals surface area (Å²) < 4.78 is 2.15. The van der Waals surface area contributed by atoms with Gasteiger partial charge in [0.05, 0.1) is 5.92 Å². The molecule has 98 valence electrons. The topological polar surface area (TPSA) is 50.2 Å². The van der Waals surface area contributed by atoms with Crippen molar-refractivity contribution < 1.29 is 4.79 Å². The molecule has 0 radical (unpaired) electrons. The molecule has 0 aromatic carbocycles. The van der Waals surface area contributed by atoms with Crippen molar-refractivity contribution >= 4 is 5.91 Å². The average molecular weight is 248 g/mol. The van der Waals surface area contributed by atoms with E-state index in [1.807, 2.05) is 19.3 Å². The van der Waals surface area contributed by atoms with Crippen LogP contribution in [-0.2, 0) is 11.3 Å². The minimum atomic E-state index is 0.217. The molecule has 2 aliphatic rings. The number of aryl methyl sites for hydroxylation is 1. The number of rotatable bonds is 3. The zero-order valence-electron chi connectivity index (χ0n) is 10.8. The van der Waals surface area contributed by atoms with Crippen LogP contribution in [0.4, 0.5) is 0 Å². The van der Waals surface area contributed by atoms with Crippen molar-refractivity contribution in [3.05, 3.63) is 18.2 Å². The van der Waals surface area contributed by atoms with Crippen LogP contribution in [0.25, 0.3) is 0 Å². The third-order valence-electron chi connectivity index (χ3n) is 4.12.